The van der Waals surface area contributed by atoms with Gasteiger partial charge in [0.15, 0.2) is 31.5 Å². The lowest BCUT2D eigenvalue weighted by Gasteiger charge is -2.49. The van der Waals surface area contributed by atoms with Crippen LogP contribution in [0.5, 0.6) is 0 Å². The maximum atomic E-state index is 13.5. The summed E-state index contributed by atoms with van der Waals surface area (Å²) in [6, 6.07) is -4.16. The van der Waals surface area contributed by atoms with E-state index in [-0.39, 0.29) is 12.3 Å². The van der Waals surface area contributed by atoms with Crippen molar-refractivity contribution in [2.24, 2.45) is 0 Å². The number of carbonyl (C=O) groups is 3. The van der Waals surface area contributed by atoms with Crippen molar-refractivity contribution in [2.75, 3.05) is 39.6 Å². The van der Waals surface area contributed by atoms with Crippen LogP contribution in [0, 0.1) is 0 Å². The molecule has 0 aromatic heterocycles. The van der Waals surface area contributed by atoms with Gasteiger partial charge in [-0.25, -0.2) is 0 Å². The van der Waals surface area contributed by atoms with E-state index in [0.717, 1.165) is 58.8 Å². The van der Waals surface area contributed by atoms with Gasteiger partial charge < -0.3 is 140 Å². The summed E-state index contributed by atoms with van der Waals surface area (Å²) in [5, 5.41) is 174. The number of allylic oxidation sites excluding steroid dienone is 1. The smallest absolute Gasteiger partial charge is 0.220 e. The van der Waals surface area contributed by atoms with E-state index < -0.39 is 217 Å². The minimum absolute atomic E-state index is 0.198. The lowest BCUT2D eigenvalue weighted by Crippen LogP contribution is -2.69. The van der Waals surface area contributed by atoms with Gasteiger partial charge in [0.1, 0.15) is 122 Å². The molecule has 5 saturated heterocycles. The Morgan fingerprint density at radius 3 is 1.16 bits per heavy atom. The van der Waals surface area contributed by atoms with Crippen molar-refractivity contribution >= 4 is 17.7 Å². The van der Waals surface area contributed by atoms with E-state index in [1.165, 1.54) is 167 Å². The Kier molecular flexibility index (Phi) is 48.7. The molecule has 31 nitrogen and oxygen atoms in total. The molecular formula is C78H143N3O28. The Morgan fingerprint density at radius 1 is 0.367 bits per heavy atom. The number of unbranched alkanes of at least 4 members (excludes halogenated alkanes) is 33. The van der Waals surface area contributed by atoms with Gasteiger partial charge in [-0.3, -0.25) is 14.4 Å². The topological polar surface area (TPSA) is 483 Å². The second-order valence-corrected chi connectivity index (χ2v) is 30.7. The number of aliphatic hydroxyl groups excluding tert-OH is 15. The Balaban J connectivity index is 1.14. The fourth-order valence-electron chi connectivity index (χ4n) is 14.9. The Morgan fingerprint density at radius 2 is 0.716 bits per heavy atom. The minimum atomic E-state index is -2.18. The number of amides is 3. The van der Waals surface area contributed by atoms with Crippen molar-refractivity contribution in [1.29, 1.82) is 0 Å². The predicted molar refractivity (Wildman–Crippen MR) is 398 cm³/mol. The van der Waals surface area contributed by atoms with E-state index in [2.05, 4.69) is 29.8 Å². The molecule has 5 heterocycles. The molecule has 5 fully saturated rings. The Labute approximate surface area is 645 Å². The molecular weight excluding hydrogens is 1430 g/mol. The summed E-state index contributed by atoms with van der Waals surface area (Å²) in [6.07, 6.45) is 2.45. The summed E-state index contributed by atoms with van der Waals surface area (Å²) in [4.78, 5) is 38.1. The van der Waals surface area contributed by atoms with Gasteiger partial charge in [-0.05, 0) is 19.3 Å². The van der Waals surface area contributed by atoms with Crippen LogP contribution >= 0.6 is 0 Å². The molecule has 638 valence electrons. The molecule has 5 aliphatic rings. The molecule has 0 spiro atoms. The van der Waals surface area contributed by atoms with E-state index in [1.807, 2.05) is 6.08 Å². The van der Waals surface area contributed by atoms with Crippen molar-refractivity contribution in [2.45, 2.75) is 424 Å². The van der Waals surface area contributed by atoms with E-state index in [1.54, 1.807) is 6.08 Å². The van der Waals surface area contributed by atoms with Crippen LogP contribution in [-0.2, 0) is 61.8 Å². The molecule has 27 atom stereocenters. The summed E-state index contributed by atoms with van der Waals surface area (Å²) in [6.45, 7) is 1.77. The molecule has 5 aliphatic heterocycles. The zero-order valence-electron chi connectivity index (χ0n) is 65.5. The van der Waals surface area contributed by atoms with Crippen molar-refractivity contribution in [3.63, 3.8) is 0 Å². The SMILES string of the molecule is CCCCCCCCCCCCC/C=C/[C@@H](O)[C@H](CO[C@@H]1OC(CO)[C@@H](O[C@@H]2OC(CO)[C@H](O[C@@H]3OC(CO)[C@H](O)[C@H](O[C@@H]4OC(CO[C@@H]5OC(CO)[C@@H](O)[C@H](O)C5NC(C)=O)[C@H](O)[C@H](O)C4NC(C)=O)C3O)[C@H](O)C2O)[C@H](O)C1O)NC(=O)CCCCCCCCCCCCCCCCCCCCCCCCC. The Hall–Kier alpha value is -2.85. The number of hydrogen-bond acceptors (Lipinski definition) is 28. The minimum Gasteiger partial charge on any atom is -0.394 e. The highest BCUT2D eigenvalue weighted by molar-refractivity contribution is 5.76. The van der Waals surface area contributed by atoms with Crippen LogP contribution in [0.2, 0.25) is 0 Å². The van der Waals surface area contributed by atoms with E-state index in [4.69, 9.17) is 47.4 Å². The van der Waals surface area contributed by atoms with Crippen molar-refractivity contribution < 1.29 is 138 Å². The molecule has 10 unspecified atom stereocenters. The standard InChI is InChI=1S/C78H143N3O28/c1-5-7-9-11-13-15-17-19-20-21-22-23-24-25-26-27-28-30-32-34-36-38-40-42-58(89)81-51(52(88)41-39-37-35-33-31-29-18-16-14-12-10-8-6-2)47-100-76-68(97)66(95)71(55(45-84)104-76)107-77-69(98)67(96)72(56(46-85)105-77)108-78-70(99)73(63(92)54(44-83)103-78)109-75-60(80-50(4)87)65(94)62(91)57(106-75)48-101-74-59(79-49(3)86)64(93)61(90)53(43-82)102-74/h39,41,51-57,59-78,82-85,88,90-99H,5-38,40,42-48H2,1-4H3,(H,79,86)(H,80,87)(H,81,89)/b41-39+/t51-,52+,53?,54?,55?,56?,57?,59?,60?,61+,62-,63-,64+,65+,66+,67+,68?,69?,70?,71+,72-,73-,74+,75-,76+,77-,78-/m0/s1. The highest BCUT2D eigenvalue weighted by Crippen LogP contribution is 2.36. The molecule has 0 aliphatic carbocycles. The van der Waals surface area contributed by atoms with Gasteiger partial charge >= 0.3 is 0 Å². The fourth-order valence-corrected chi connectivity index (χ4v) is 14.9. The highest BCUT2D eigenvalue weighted by Gasteiger charge is 2.56. The molecule has 3 amide bonds. The number of hydrogen-bond donors (Lipinski definition) is 18. The molecule has 31 heteroatoms. The number of carbonyl (C=O) groups excluding carboxylic acids is 3. The molecule has 18 N–H and O–H groups in total. The number of ether oxygens (including phenoxy) is 10. The largest absolute Gasteiger partial charge is 0.394 e. The first kappa shape index (κ1) is 96.7. The normalized spacial score (nSPS) is 33.6. The predicted octanol–water partition coefficient (Wildman–Crippen LogP) is 2.87. The Bertz CT molecular complexity index is 2410. The molecule has 5 rings (SSSR count). The first-order valence-electron chi connectivity index (χ1n) is 41.4. The molecule has 109 heavy (non-hydrogen) atoms. The van der Waals surface area contributed by atoms with E-state index in [0.29, 0.717) is 12.8 Å². The summed E-state index contributed by atoms with van der Waals surface area (Å²) < 4.78 is 58.7. The van der Waals surface area contributed by atoms with Crippen molar-refractivity contribution in [1.82, 2.24) is 16.0 Å². The maximum absolute atomic E-state index is 13.5. The van der Waals surface area contributed by atoms with Gasteiger partial charge in [0, 0.05) is 20.3 Å². The van der Waals surface area contributed by atoms with Gasteiger partial charge in [0.2, 0.25) is 17.7 Å². The van der Waals surface area contributed by atoms with Gasteiger partial charge in [-0.2, -0.15) is 0 Å². The average Bonchev–Trinajstić information content (AvgIpc) is 0.783. The van der Waals surface area contributed by atoms with Crippen LogP contribution in [-0.4, -0.2) is 300 Å². The third-order valence-electron chi connectivity index (χ3n) is 21.6. The molecule has 0 bridgehead atoms. The maximum Gasteiger partial charge on any atom is 0.220 e. The lowest BCUT2D eigenvalue weighted by atomic mass is 9.94. The summed E-state index contributed by atoms with van der Waals surface area (Å²) >= 11 is 0. The zero-order chi connectivity index (χ0) is 79.6. The van der Waals surface area contributed by atoms with Crippen LogP contribution in [0.3, 0.4) is 0 Å². The first-order chi connectivity index (χ1) is 52.5. The quantitative estimate of drug-likeness (QED) is 0.0307. The van der Waals surface area contributed by atoms with E-state index >= 15 is 0 Å². The second-order valence-electron chi connectivity index (χ2n) is 30.7. The highest BCUT2D eigenvalue weighted by atomic mass is 16.8. The number of nitrogens with one attached hydrogen (secondary N) is 3. The van der Waals surface area contributed by atoms with Crippen LogP contribution in [0.15, 0.2) is 12.2 Å². The number of rotatable bonds is 57. The van der Waals surface area contributed by atoms with Crippen molar-refractivity contribution in [3.05, 3.63) is 12.2 Å². The average molecular weight is 1570 g/mol. The van der Waals surface area contributed by atoms with Crippen LogP contribution in [0.25, 0.3) is 0 Å². The number of aliphatic hydroxyl groups is 15. The second kappa shape index (κ2) is 54.9. The van der Waals surface area contributed by atoms with Gasteiger partial charge in [-0.15, -0.1) is 0 Å². The van der Waals surface area contributed by atoms with Gasteiger partial charge in [0.25, 0.3) is 0 Å². The van der Waals surface area contributed by atoms with Crippen LogP contribution < -0.4 is 16.0 Å². The monoisotopic (exact) mass is 1570 g/mol. The third kappa shape index (κ3) is 33.4. The van der Waals surface area contributed by atoms with Crippen LogP contribution in [0.4, 0.5) is 0 Å². The van der Waals surface area contributed by atoms with Gasteiger partial charge in [-0.1, -0.05) is 231 Å². The van der Waals surface area contributed by atoms with Crippen LogP contribution in [0.1, 0.15) is 259 Å². The van der Waals surface area contributed by atoms with Crippen molar-refractivity contribution in [3.8, 4) is 0 Å². The third-order valence-corrected chi connectivity index (χ3v) is 21.6. The molecule has 0 aromatic carbocycles. The fraction of sp³-hybridized carbons (Fsp3) is 0.936. The molecule has 0 radical (unpaired) electrons. The summed E-state index contributed by atoms with van der Waals surface area (Å²) in [5.41, 5.74) is 0. The zero-order valence-corrected chi connectivity index (χ0v) is 65.5. The molecule has 0 saturated carbocycles. The van der Waals surface area contributed by atoms with E-state index in [9.17, 15) is 91.0 Å². The lowest BCUT2D eigenvalue weighted by molar-refractivity contribution is -0.387. The summed E-state index contributed by atoms with van der Waals surface area (Å²) in [5.74, 6) is -1.78. The first-order valence-corrected chi connectivity index (χ1v) is 41.4. The van der Waals surface area contributed by atoms with Gasteiger partial charge in [0.05, 0.1) is 51.8 Å². The molecule has 0 aromatic rings. The summed E-state index contributed by atoms with van der Waals surface area (Å²) in [7, 11) is 0.